The van der Waals surface area contributed by atoms with Crippen LogP contribution >= 0.6 is 7.44 Å². The standard InChI is InChI=1S/C25H44N7O6P/c1-7-8-9-10-11-12-36-24(33)19(5)30-39(35,31-20(6)25(34)38-17(2)3)16-37-18(4)13-32-15-29-21-22(26)27-14-28-23(21)32/h14-15,17-20H,7-13,16H2,1-6H3,(H2,26,27,28)(H2,30,31,35)/t18-,19-,20+,39+/m1/s1. The molecular weight excluding hydrogens is 525 g/mol. The van der Waals surface area contributed by atoms with Gasteiger partial charge in [-0.2, -0.15) is 0 Å². The molecule has 39 heavy (non-hydrogen) atoms. The molecule has 0 bridgehead atoms. The van der Waals surface area contributed by atoms with Crippen molar-refractivity contribution in [2.45, 2.75) is 104 Å². The van der Waals surface area contributed by atoms with E-state index in [-0.39, 0.29) is 18.3 Å². The number of hydrogen-bond acceptors (Lipinski definition) is 10. The Labute approximate surface area is 230 Å². The largest absolute Gasteiger partial charge is 0.465 e. The van der Waals surface area contributed by atoms with Gasteiger partial charge in [-0.3, -0.25) is 14.2 Å². The molecule has 14 heteroatoms. The number of nitrogens with zero attached hydrogens (tertiary/aromatic N) is 4. The maximum absolute atomic E-state index is 13.9. The van der Waals surface area contributed by atoms with Crippen LogP contribution in [0.25, 0.3) is 11.2 Å². The number of carbonyl (C=O) groups is 2. The van der Waals surface area contributed by atoms with E-state index in [1.165, 1.54) is 6.33 Å². The molecule has 220 valence electrons. The third-order valence-electron chi connectivity index (χ3n) is 5.78. The van der Waals surface area contributed by atoms with Gasteiger partial charge in [-0.1, -0.05) is 32.6 Å². The number of nitrogen functional groups attached to an aromatic ring is 1. The molecule has 0 saturated heterocycles. The molecule has 2 aromatic heterocycles. The van der Waals surface area contributed by atoms with E-state index in [9.17, 15) is 14.2 Å². The van der Waals surface area contributed by atoms with Gasteiger partial charge >= 0.3 is 11.9 Å². The molecule has 0 unspecified atom stereocenters. The van der Waals surface area contributed by atoms with Crippen molar-refractivity contribution < 1.29 is 28.4 Å². The van der Waals surface area contributed by atoms with Crippen LogP contribution in [-0.4, -0.2) is 68.7 Å². The number of nitrogens with two attached hydrogens (primary N) is 1. The van der Waals surface area contributed by atoms with Crippen LogP contribution in [0.5, 0.6) is 0 Å². The van der Waals surface area contributed by atoms with Gasteiger partial charge in [0.25, 0.3) is 0 Å². The fraction of sp³-hybridized carbons (Fsp3) is 0.720. The van der Waals surface area contributed by atoms with Crippen molar-refractivity contribution in [3.8, 4) is 0 Å². The van der Waals surface area contributed by atoms with E-state index in [1.807, 2.05) is 0 Å². The van der Waals surface area contributed by atoms with Gasteiger partial charge in [-0.15, -0.1) is 0 Å². The van der Waals surface area contributed by atoms with E-state index >= 15 is 0 Å². The van der Waals surface area contributed by atoms with E-state index in [0.717, 1.165) is 32.1 Å². The predicted molar refractivity (Wildman–Crippen MR) is 149 cm³/mol. The van der Waals surface area contributed by atoms with Crippen LogP contribution in [0.15, 0.2) is 12.7 Å². The summed E-state index contributed by atoms with van der Waals surface area (Å²) < 4.78 is 32.2. The summed E-state index contributed by atoms with van der Waals surface area (Å²) in [6, 6.07) is -1.81. The maximum Gasteiger partial charge on any atom is 0.323 e. The second-order valence-corrected chi connectivity index (χ2v) is 12.2. The third-order valence-corrected chi connectivity index (χ3v) is 7.90. The van der Waals surface area contributed by atoms with Gasteiger partial charge in [0.2, 0.25) is 7.44 Å². The van der Waals surface area contributed by atoms with E-state index in [1.54, 1.807) is 45.5 Å². The summed E-state index contributed by atoms with van der Waals surface area (Å²) in [4.78, 5) is 37.4. The molecule has 2 rings (SSSR count). The average Bonchev–Trinajstić information content (AvgIpc) is 3.28. The number of unbranched alkanes of at least 4 members (excludes halogenated alkanes) is 4. The lowest BCUT2D eigenvalue weighted by atomic mass is 10.2. The highest BCUT2D eigenvalue weighted by molar-refractivity contribution is 7.59. The molecule has 0 aromatic carbocycles. The van der Waals surface area contributed by atoms with Gasteiger partial charge < -0.3 is 24.5 Å². The summed E-state index contributed by atoms with van der Waals surface area (Å²) in [5.74, 6) is -0.820. The minimum atomic E-state index is -3.63. The first-order valence-corrected chi connectivity index (χ1v) is 15.4. The first kappa shape index (κ1) is 32.6. The highest BCUT2D eigenvalue weighted by atomic mass is 31.2. The van der Waals surface area contributed by atoms with Crippen LogP contribution in [0, 0.1) is 0 Å². The summed E-state index contributed by atoms with van der Waals surface area (Å²) in [6.07, 6.45) is 6.99. The van der Waals surface area contributed by atoms with Crippen molar-refractivity contribution in [1.82, 2.24) is 29.7 Å². The molecule has 2 heterocycles. The average molecular weight is 570 g/mol. The van der Waals surface area contributed by atoms with E-state index in [4.69, 9.17) is 19.9 Å². The fourth-order valence-corrected chi connectivity index (χ4v) is 5.92. The van der Waals surface area contributed by atoms with Crippen molar-refractivity contribution in [2.75, 3.05) is 18.7 Å². The van der Waals surface area contributed by atoms with Gasteiger partial charge in [-0.25, -0.2) is 25.1 Å². The van der Waals surface area contributed by atoms with Crippen LogP contribution < -0.4 is 15.9 Å². The lowest BCUT2D eigenvalue weighted by Crippen LogP contribution is -2.43. The topological polar surface area (TPSA) is 173 Å². The van der Waals surface area contributed by atoms with Crippen LogP contribution in [0.3, 0.4) is 0 Å². The number of fused-ring (bicyclic) bond motifs is 1. The minimum absolute atomic E-state index is 0.273. The van der Waals surface area contributed by atoms with E-state index < -0.39 is 37.6 Å². The monoisotopic (exact) mass is 569 g/mol. The van der Waals surface area contributed by atoms with Gasteiger partial charge in [-0.05, 0) is 41.0 Å². The Bertz CT molecular complexity index is 1110. The molecule has 0 aliphatic heterocycles. The number of ether oxygens (including phenoxy) is 3. The Kier molecular flexibility index (Phi) is 13.3. The molecule has 0 spiro atoms. The highest BCUT2D eigenvalue weighted by Gasteiger charge is 2.33. The Morgan fingerprint density at radius 1 is 1.00 bits per heavy atom. The van der Waals surface area contributed by atoms with Crippen LogP contribution in [-0.2, 0) is 34.9 Å². The van der Waals surface area contributed by atoms with Crippen LogP contribution in [0.4, 0.5) is 5.82 Å². The first-order chi connectivity index (χ1) is 18.5. The molecule has 0 aliphatic rings. The summed E-state index contributed by atoms with van der Waals surface area (Å²) >= 11 is 0. The zero-order valence-corrected chi connectivity index (χ0v) is 24.8. The van der Waals surface area contributed by atoms with Crippen LogP contribution in [0.1, 0.15) is 73.6 Å². The van der Waals surface area contributed by atoms with E-state index in [0.29, 0.717) is 24.3 Å². The molecule has 0 radical (unpaired) electrons. The molecule has 4 atom stereocenters. The molecule has 13 nitrogen and oxygen atoms in total. The molecular formula is C25H44N7O6P. The predicted octanol–water partition coefficient (Wildman–Crippen LogP) is 3.39. The summed E-state index contributed by atoms with van der Waals surface area (Å²) in [7, 11) is -3.63. The quantitative estimate of drug-likeness (QED) is 0.136. The lowest BCUT2D eigenvalue weighted by molar-refractivity contribution is -0.149. The Morgan fingerprint density at radius 3 is 2.33 bits per heavy atom. The molecule has 0 aliphatic carbocycles. The zero-order chi connectivity index (χ0) is 29.0. The van der Waals surface area contributed by atoms with Crippen molar-refractivity contribution in [1.29, 1.82) is 0 Å². The smallest absolute Gasteiger partial charge is 0.323 e. The number of carbonyl (C=O) groups excluding carboxylic acids is 2. The second kappa shape index (κ2) is 15.9. The molecule has 0 saturated carbocycles. The molecule has 4 N–H and O–H groups in total. The van der Waals surface area contributed by atoms with Gasteiger partial charge in [0.1, 0.15) is 30.3 Å². The van der Waals surface area contributed by atoms with Gasteiger partial charge in [0.15, 0.2) is 11.5 Å². The first-order valence-electron chi connectivity index (χ1n) is 13.5. The zero-order valence-electron chi connectivity index (χ0n) is 23.9. The Hall–Kier alpha value is -2.60. The molecule has 0 amide bonds. The lowest BCUT2D eigenvalue weighted by Gasteiger charge is -2.27. The van der Waals surface area contributed by atoms with Gasteiger partial charge in [0.05, 0.1) is 31.7 Å². The van der Waals surface area contributed by atoms with Gasteiger partial charge in [0, 0.05) is 0 Å². The van der Waals surface area contributed by atoms with Crippen molar-refractivity contribution >= 4 is 36.4 Å². The van der Waals surface area contributed by atoms with E-state index in [2.05, 4.69) is 32.1 Å². The number of imidazole rings is 1. The SMILES string of the molecule is CCCCCCCOC(=O)[C@@H](C)N[P@@](=O)(CO[C@H](C)Cn1cnc2c(N)ncnc21)N[C@@H](C)C(=O)OC(C)C. The third kappa shape index (κ3) is 10.8. The normalized spacial score (nSPS) is 15.6. The minimum Gasteiger partial charge on any atom is -0.465 e. The number of hydrogen-bond donors (Lipinski definition) is 3. The second-order valence-electron chi connectivity index (χ2n) is 9.94. The number of anilines is 1. The highest BCUT2D eigenvalue weighted by Crippen LogP contribution is 2.38. The number of aromatic nitrogens is 4. The van der Waals surface area contributed by atoms with Crippen molar-refractivity contribution in [3.05, 3.63) is 12.7 Å². The summed E-state index contributed by atoms with van der Waals surface area (Å²) in [5.41, 5.74) is 6.89. The van der Waals surface area contributed by atoms with Crippen LogP contribution in [0.2, 0.25) is 0 Å². The summed E-state index contributed by atoms with van der Waals surface area (Å²) in [6.45, 7) is 11.1. The Balaban J connectivity index is 2.03. The number of nitrogens with one attached hydrogen (secondary N) is 2. The fourth-order valence-electron chi connectivity index (χ4n) is 3.77. The number of rotatable bonds is 18. The molecule has 0 fully saturated rings. The molecule has 2 aromatic rings. The number of esters is 2. The van der Waals surface area contributed by atoms with Crippen molar-refractivity contribution in [3.63, 3.8) is 0 Å². The van der Waals surface area contributed by atoms with Crippen molar-refractivity contribution in [2.24, 2.45) is 0 Å². The summed E-state index contributed by atoms with van der Waals surface area (Å²) in [5, 5.41) is 5.63. The Morgan fingerprint density at radius 2 is 1.67 bits per heavy atom. The maximum atomic E-state index is 13.9.